The molecular weight excluding hydrogens is 445 g/mol. The van der Waals surface area contributed by atoms with Gasteiger partial charge in [0.1, 0.15) is 5.76 Å². The van der Waals surface area contributed by atoms with E-state index in [0.717, 1.165) is 70.1 Å². The number of guanidine groups is 1. The second-order valence-corrected chi connectivity index (χ2v) is 6.50. The Morgan fingerprint density at radius 3 is 3.04 bits per heavy atom. The predicted molar refractivity (Wildman–Crippen MR) is 115 cm³/mol. The summed E-state index contributed by atoms with van der Waals surface area (Å²) in [7, 11) is 0. The largest absolute Gasteiger partial charge is 0.469 e. The highest BCUT2D eigenvalue weighted by Gasteiger charge is 2.14. The number of ether oxygens (including phenoxy) is 2. The molecule has 0 bridgehead atoms. The molecule has 1 fully saturated rings. The van der Waals surface area contributed by atoms with E-state index in [1.54, 1.807) is 6.26 Å². The van der Waals surface area contributed by atoms with Crippen LogP contribution in [0.5, 0.6) is 0 Å². The molecule has 6 nitrogen and oxygen atoms in total. The fourth-order valence-electron chi connectivity index (χ4n) is 2.59. The molecule has 150 valence electrons. The van der Waals surface area contributed by atoms with E-state index in [1.807, 2.05) is 12.1 Å². The first-order valence-electron chi connectivity index (χ1n) is 9.54. The molecule has 1 aliphatic heterocycles. The maximum Gasteiger partial charge on any atom is 0.191 e. The van der Waals surface area contributed by atoms with Crippen molar-refractivity contribution in [1.29, 1.82) is 0 Å². The topological polar surface area (TPSA) is 68.0 Å². The number of halogens is 1. The molecule has 26 heavy (non-hydrogen) atoms. The van der Waals surface area contributed by atoms with Crippen molar-refractivity contribution in [2.45, 2.75) is 58.1 Å². The summed E-state index contributed by atoms with van der Waals surface area (Å²) in [6.45, 7) is 8.19. The van der Waals surface area contributed by atoms with Crippen LogP contribution in [0.1, 0.15) is 45.3 Å². The molecule has 0 aliphatic carbocycles. The van der Waals surface area contributed by atoms with Crippen LogP contribution < -0.4 is 10.6 Å². The van der Waals surface area contributed by atoms with Crippen molar-refractivity contribution in [2.75, 3.05) is 32.9 Å². The van der Waals surface area contributed by atoms with Crippen molar-refractivity contribution in [1.82, 2.24) is 10.6 Å². The Kier molecular flexibility index (Phi) is 12.8. The van der Waals surface area contributed by atoms with Crippen LogP contribution in [-0.2, 0) is 15.9 Å². The third-order valence-corrected chi connectivity index (χ3v) is 4.28. The van der Waals surface area contributed by atoms with E-state index in [9.17, 15) is 0 Å². The number of aliphatic imine (C=N–C) groups is 1. The molecule has 0 amide bonds. The minimum Gasteiger partial charge on any atom is -0.469 e. The quantitative estimate of drug-likeness (QED) is 0.221. The minimum atomic E-state index is 0. The normalized spacial score (nSPS) is 18.4. The van der Waals surface area contributed by atoms with E-state index < -0.39 is 0 Å². The van der Waals surface area contributed by atoms with Gasteiger partial charge in [-0.15, -0.1) is 24.0 Å². The van der Waals surface area contributed by atoms with Gasteiger partial charge in [0.25, 0.3) is 0 Å². The van der Waals surface area contributed by atoms with Crippen LogP contribution >= 0.6 is 24.0 Å². The number of furan rings is 1. The van der Waals surface area contributed by atoms with Gasteiger partial charge in [0.05, 0.1) is 19.0 Å². The highest BCUT2D eigenvalue weighted by molar-refractivity contribution is 14.0. The fourth-order valence-corrected chi connectivity index (χ4v) is 2.59. The fraction of sp³-hybridized carbons (Fsp3) is 0.737. The molecule has 1 aromatic rings. The van der Waals surface area contributed by atoms with Crippen LogP contribution in [0.2, 0.25) is 0 Å². The van der Waals surface area contributed by atoms with Crippen molar-refractivity contribution >= 4 is 29.9 Å². The molecule has 7 heteroatoms. The molecule has 1 aromatic heterocycles. The first-order chi connectivity index (χ1) is 12.3. The molecule has 2 heterocycles. The van der Waals surface area contributed by atoms with Crippen LogP contribution in [0.25, 0.3) is 0 Å². The lowest BCUT2D eigenvalue weighted by Gasteiger charge is -2.17. The molecular formula is C19H34IN3O3. The zero-order chi connectivity index (χ0) is 17.7. The van der Waals surface area contributed by atoms with Gasteiger partial charge in [-0.1, -0.05) is 6.92 Å². The summed E-state index contributed by atoms with van der Waals surface area (Å²) < 4.78 is 16.6. The Morgan fingerprint density at radius 1 is 1.46 bits per heavy atom. The lowest BCUT2D eigenvalue weighted by atomic mass is 10.2. The van der Waals surface area contributed by atoms with Gasteiger partial charge in [0, 0.05) is 38.8 Å². The Labute approximate surface area is 174 Å². The monoisotopic (exact) mass is 479 g/mol. The van der Waals surface area contributed by atoms with Gasteiger partial charge in [0.15, 0.2) is 5.96 Å². The molecule has 2 unspecified atom stereocenters. The number of hydrogen-bond donors (Lipinski definition) is 2. The van der Waals surface area contributed by atoms with Crippen molar-refractivity contribution in [3.63, 3.8) is 0 Å². The predicted octanol–water partition coefficient (Wildman–Crippen LogP) is 3.36. The van der Waals surface area contributed by atoms with Crippen LogP contribution in [0, 0.1) is 0 Å². The molecule has 0 saturated carbocycles. The molecule has 2 atom stereocenters. The van der Waals surface area contributed by atoms with Gasteiger partial charge in [0.2, 0.25) is 0 Å². The Bertz CT molecular complexity index is 476. The molecule has 1 aliphatic rings. The molecule has 0 spiro atoms. The zero-order valence-corrected chi connectivity index (χ0v) is 18.4. The van der Waals surface area contributed by atoms with Crippen LogP contribution in [0.4, 0.5) is 0 Å². The molecule has 2 N–H and O–H groups in total. The summed E-state index contributed by atoms with van der Waals surface area (Å²) in [4.78, 5) is 4.65. The first kappa shape index (κ1) is 23.2. The van der Waals surface area contributed by atoms with Gasteiger partial charge >= 0.3 is 0 Å². The summed E-state index contributed by atoms with van der Waals surface area (Å²) in [5.41, 5.74) is 0. The highest BCUT2D eigenvalue weighted by Crippen LogP contribution is 2.11. The Hall–Kier alpha value is -0.800. The SMILES string of the molecule is CCC(C)NC(=NCCCOCC1CCCO1)NCCc1ccco1.I. The van der Waals surface area contributed by atoms with Gasteiger partial charge in [-0.3, -0.25) is 4.99 Å². The van der Waals surface area contributed by atoms with E-state index in [2.05, 4.69) is 29.5 Å². The molecule has 0 aromatic carbocycles. The van der Waals surface area contributed by atoms with E-state index in [0.29, 0.717) is 18.8 Å². The maximum absolute atomic E-state index is 5.68. The van der Waals surface area contributed by atoms with Gasteiger partial charge in [-0.2, -0.15) is 0 Å². The summed E-state index contributed by atoms with van der Waals surface area (Å²) in [6, 6.07) is 4.30. The summed E-state index contributed by atoms with van der Waals surface area (Å²) in [5, 5.41) is 6.81. The van der Waals surface area contributed by atoms with E-state index in [4.69, 9.17) is 13.9 Å². The van der Waals surface area contributed by atoms with Crippen LogP contribution in [0.15, 0.2) is 27.8 Å². The van der Waals surface area contributed by atoms with Crippen molar-refractivity contribution in [3.8, 4) is 0 Å². The van der Waals surface area contributed by atoms with E-state index in [-0.39, 0.29) is 24.0 Å². The van der Waals surface area contributed by atoms with Crippen LogP contribution in [-0.4, -0.2) is 51.0 Å². The lowest BCUT2D eigenvalue weighted by Crippen LogP contribution is -2.42. The minimum absolute atomic E-state index is 0. The van der Waals surface area contributed by atoms with Crippen molar-refractivity contribution in [3.05, 3.63) is 24.2 Å². The van der Waals surface area contributed by atoms with E-state index in [1.165, 1.54) is 0 Å². The standard InChI is InChI=1S/C19H33N3O3.HI/c1-3-16(2)22-19(21-11-9-17-7-4-13-24-17)20-10-6-12-23-15-18-8-5-14-25-18;/h4,7,13,16,18H,3,5-6,8-12,14-15H2,1-2H3,(H2,20,21,22);1H. The smallest absolute Gasteiger partial charge is 0.191 e. The second-order valence-electron chi connectivity index (χ2n) is 6.50. The maximum atomic E-state index is 5.68. The highest BCUT2D eigenvalue weighted by atomic mass is 127. The van der Waals surface area contributed by atoms with Gasteiger partial charge in [-0.25, -0.2) is 0 Å². The van der Waals surface area contributed by atoms with Crippen molar-refractivity contribution < 1.29 is 13.9 Å². The average molecular weight is 479 g/mol. The Morgan fingerprint density at radius 2 is 2.35 bits per heavy atom. The molecule has 0 radical (unpaired) electrons. The first-order valence-corrected chi connectivity index (χ1v) is 9.54. The van der Waals surface area contributed by atoms with Crippen LogP contribution in [0.3, 0.4) is 0 Å². The number of nitrogens with zero attached hydrogens (tertiary/aromatic N) is 1. The number of rotatable bonds is 11. The average Bonchev–Trinajstić information content (AvgIpc) is 3.31. The third kappa shape index (κ3) is 9.78. The van der Waals surface area contributed by atoms with Gasteiger partial charge in [-0.05, 0) is 44.7 Å². The van der Waals surface area contributed by atoms with E-state index >= 15 is 0 Å². The second kappa shape index (κ2) is 14.3. The summed E-state index contributed by atoms with van der Waals surface area (Å²) >= 11 is 0. The van der Waals surface area contributed by atoms with Crippen molar-refractivity contribution in [2.24, 2.45) is 4.99 Å². The Balaban J connectivity index is 0.00000338. The number of hydrogen-bond acceptors (Lipinski definition) is 4. The summed E-state index contributed by atoms with van der Waals surface area (Å²) in [5.74, 6) is 1.85. The summed E-state index contributed by atoms with van der Waals surface area (Å²) in [6.07, 6.45) is 7.11. The molecule has 1 saturated heterocycles. The molecule has 2 rings (SSSR count). The third-order valence-electron chi connectivity index (χ3n) is 4.28. The number of nitrogens with one attached hydrogen (secondary N) is 2. The zero-order valence-electron chi connectivity index (χ0n) is 16.0. The van der Waals surface area contributed by atoms with Gasteiger partial charge < -0.3 is 24.5 Å². The lowest BCUT2D eigenvalue weighted by molar-refractivity contribution is 0.0171.